The van der Waals surface area contributed by atoms with Crippen molar-refractivity contribution in [3.63, 3.8) is 0 Å². The van der Waals surface area contributed by atoms with Gasteiger partial charge in [-0.25, -0.2) is 8.78 Å². The average Bonchev–Trinajstić information content (AvgIpc) is 2.94. The topological polar surface area (TPSA) is 57.6 Å². The van der Waals surface area contributed by atoms with E-state index in [2.05, 4.69) is 0 Å². The molecule has 1 saturated heterocycles. The highest BCUT2D eigenvalue weighted by Crippen LogP contribution is 2.41. The Balaban J connectivity index is 1.93. The molecule has 0 spiro atoms. The molecule has 0 aromatic rings. The van der Waals surface area contributed by atoms with Crippen molar-refractivity contribution < 1.29 is 23.5 Å². The molecule has 0 bridgehead atoms. The number of piperidine rings is 1. The van der Waals surface area contributed by atoms with Crippen LogP contribution in [0.3, 0.4) is 0 Å². The van der Waals surface area contributed by atoms with Crippen molar-refractivity contribution in [2.45, 2.75) is 25.2 Å². The summed E-state index contributed by atoms with van der Waals surface area (Å²) in [5, 5.41) is 8.65. The van der Waals surface area contributed by atoms with Crippen LogP contribution in [-0.4, -0.2) is 40.9 Å². The molecule has 1 N–H and O–H groups in total. The van der Waals surface area contributed by atoms with Crippen molar-refractivity contribution in [3.05, 3.63) is 0 Å². The van der Waals surface area contributed by atoms with Gasteiger partial charge in [-0.3, -0.25) is 9.59 Å². The number of hydrogen-bond donors (Lipinski definition) is 1. The first-order valence-corrected chi connectivity index (χ1v) is 5.30. The molecule has 6 heteroatoms. The largest absolute Gasteiger partial charge is 0.481 e. The number of rotatable bonds is 2. The lowest BCUT2D eigenvalue weighted by molar-refractivity contribution is -0.146. The Morgan fingerprint density at radius 3 is 2.50 bits per heavy atom. The number of nitrogens with zero attached hydrogens (tertiary/aromatic N) is 1. The van der Waals surface area contributed by atoms with Crippen LogP contribution in [0.1, 0.15) is 19.3 Å². The van der Waals surface area contributed by atoms with Crippen LogP contribution in [0.2, 0.25) is 0 Å². The van der Waals surface area contributed by atoms with Crippen LogP contribution in [0.4, 0.5) is 8.78 Å². The van der Waals surface area contributed by atoms with Crippen molar-refractivity contribution in [1.29, 1.82) is 0 Å². The second-order valence-electron chi connectivity index (χ2n) is 4.51. The van der Waals surface area contributed by atoms with E-state index in [1.54, 1.807) is 0 Å². The highest BCUT2D eigenvalue weighted by Gasteiger charge is 2.51. The Bertz CT molecular complexity index is 332. The van der Waals surface area contributed by atoms with Gasteiger partial charge in [0.25, 0.3) is 5.92 Å². The number of carbonyl (C=O) groups excluding carboxylic acids is 1. The monoisotopic (exact) mass is 233 g/mol. The van der Waals surface area contributed by atoms with E-state index in [1.165, 1.54) is 0 Å². The average molecular weight is 233 g/mol. The third-order valence-corrected chi connectivity index (χ3v) is 3.13. The summed E-state index contributed by atoms with van der Waals surface area (Å²) in [5.74, 6) is -5.50. The Morgan fingerprint density at radius 2 is 2.00 bits per heavy atom. The molecule has 0 aromatic carbocycles. The van der Waals surface area contributed by atoms with Crippen LogP contribution in [0.5, 0.6) is 0 Å². The maximum absolute atomic E-state index is 13.0. The molecule has 1 aliphatic carbocycles. The van der Waals surface area contributed by atoms with Crippen molar-refractivity contribution in [2.24, 2.45) is 11.8 Å². The van der Waals surface area contributed by atoms with Crippen LogP contribution in [0, 0.1) is 11.8 Å². The third-order valence-electron chi connectivity index (χ3n) is 3.13. The maximum atomic E-state index is 13.0. The lowest BCUT2D eigenvalue weighted by Crippen LogP contribution is -2.46. The van der Waals surface area contributed by atoms with E-state index in [1.807, 2.05) is 0 Å². The third kappa shape index (κ3) is 2.15. The summed E-state index contributed by atoms with van der Waals surface area (Å²) in [7, 11) is 0. The lowest BCUT2D eigenvalue weighted by Gasteiger charge is -2.32. The number of carboxylic acid groups (broad SMARTS) is 1. The van der Waals surface area contributed by atoms with Gasteiger partial charge in [0.15, 0.2) is 0 Å². The molecule has 1 amide bonds. The summed E-state index contributed by atoms with van der Waals surface area (Å²) < 4.78 is 26.1. The van der Waals surface area contributed by atoms with E-state index in [0.717, 1.165) is 4.90 Å². The SMILES string of the molecule is O=C(O)C1CC1C(=O)N1CCCC(F)(F)C1. The molecule has 2 unspecified atom stereocenters. The van der Waals surface area contributed by atoms with E-state index in [4.69, 9.17) is 5.11 Å². The van der Waals surface area contributed by atoms with Gasteiger partial charge in [-0.1, -0.05) is 0 Å². The molecule has 2 fully saturated rings. The van der Waals surface area contributed by atoms with Gasteiger partial charge < -0.3 is 10.0 Å². The summed E-state index contributed by atoms with van der Waals surface area (Å²) >= 11 is 0. The second kappa shape index (κ2) is 3.68. The van der Waals surface area contributed by atoms with Gasteiger partial charge >= 0.3 is 5.97 Å². The number of hydrogen-bond acceptors (Lipinski definition) is 2. The zero-order valence-corrected chi connectivity index (χ0v) is 8.66. The number of aliphatic carboxylic acids is 1. The van der Waals surface area contributed by atoms with Crippen LogP contribution in [0.25, 0.3) is 0 Å². The van der Waals surface area contributed by atoms with Crippen molar-refractivity contribution in [1.82, 2.24) is 4.90 Å². The normalized spacial score (nSPS) is 32.2. The van der Waals surface area contributed by atoms with Gasteiger partial charge in [0.1, 0.15) is 0 Å². The van der Waals surface area contributed by atoms with Crippen molar-refractivity contribution >= 4 is 11.9 Å². The number of likely N-dealkylation sites (tertiary alicyclic amines) is 1. The first-order chi connectivity index (χ1) is 7.41. The first-order valence-electron chi connectivity index (χ1n) is 5.30. The fourth-order valence-corrected chi connectivity index (χ4v) is 2.13. The van der Waals surface area contributed by atoms with Gasteiger partial charge in [0, 0.05) is 13.0 Å². The maximum Gasteiger partial charge on any atom is 0.307 e. The molecule has 2 aliphatic rings. The summed E-state index contributed by atoms with van der Waals surface area (Å²) in [6.07, 6.45) is 0.378. The molecule has 0 radical (unpaired) electrons. The van der Waals surface area contributed by atoms with Gasteiger partial charge in [-0.05, 0) is 12.8 Å². The highest BCUT2D eigenvalue weighted by atomic mass is 19.3. The van der Waals surface area contributed by atoms with E-state index >= 15 is 0 Å². The number of halogens is 2. The van der Waals surface area contributed by atoms with Crippen LogP contribution < -0.4 is 0 Å². The summed E-state index contributed by atoms with van der Waals surface area (Å²) in [6, 6.07) is 0. The quantitative estimate of drug-likeness (QED) is 0.773. The predicted molar refractivity (Wildman–Crippen MR) is 50.0 cm³/mol. The standard InChI is InChI=1S/C10H13F2NO3/c11-10(12)2-1-3-13(5-10)8(14)6-4-7(6)9(15)16/h6-7H,1-5H2,(H,15,16). The second-order valence-corrected chi connectivity index (χ2v) is 4.51. The van der Waals surface area contributed by atoms with E-state index in [0.29, 0.717) is 6.54 Å². The molecule has 1 heterocycles. The molecular formula is C10H13F2NO3. The van der Waals surface area contributed by atoms with E-state index in [-0.39, 0.29) is 19.3 Å². The Labute approximate surface area is 91.2 Å². The Hall–Kier alpha value is -1.20. The molecule has 1 aliphatic heterocycles. The molecular weight excluding hydrogens is 220 g/mol. The van der Waals surface area contributed by atoms with E-state index < -0.39 is 36.2 Å². The molecule has 2 atom stereocenters. The molecule has 4 nitrogen and oxygen atoms in total. The molecule has 90 valence electrons. The van der Waals surface area contributed by atoms with Gasteiger partial charge in [0.2, 0.25) is 5.91 Å². The van der Waals surface area contributed by atoms with Crippen LogP contribution in [0.15, 0.2) is 0 Å². The molecule has 16 heavy (non-hydrogen) atoms. The van der Waals surface area contributed by atoms with Crippen LogP contribution in [-0.2, 0) is 9.59 Å². The van der Waals surface area contributed by atoms with Crippen LogP contribution >= 0.6 is 0 Å². The number of carbonyl (C=O) groups is 2. The summed E-state index contributed by atoms with van der Waals surface area (Å²) in [6.45, 7) is -0.244. The Morgan fingerprint density at radius 1 is 1.31 bits per heavy atom. The molecule has 0 aromatic heterocycles. The minimum absolute atomic E-state index is 0.191. The number of carboxylic acids is 1. The number of alkyl halides is 2. The first kappa shape index (κ1) is 11.3. The predicted octanol–water partition coefficient (Wildman–Crippen LogP) is 0.965. The van der Waals surface area contributed by atoms with Crippen molar-refractivity contribution in [3.8, 4) is 0 Å². The Kier molecular flexibility index (Phi) is 2.59. The summed E-state index contributed by atoms with van der Waals surface area (Å²) in [5.41, 5.74) is 0. The zero-order chi connectivity index (χ0) is 11.9. The van der Waals surface area contributed by atoms with Crippen molar-refractivity contribution in [2.75, 3.05) is 13.1 Å². The lowest BCUT2D eigenvalue weighted by atomic mass is 10.1. The minimum atomic E-state index is -2.82. The molecule has 2 rings (SSSR count). The fraction of sp³-hybridized carbons (Fsp3) is 0.800. The molecule has 1 saturated carbocycles. The summed E-state index contributed by atoms with van der Waals surface area (Å²) in [4.78, 5) is 23.4. The van der Waals surface area contributed by atoms with Gasteiger partial charge in [0.05, 0.1) is 18.4 Å². The zero-order valence-electron chi connectivity index (χ0n) is 8.66. The minimum Gasteiger partial charge on any atom is -0.481 e. The van der Waals surface area contributed by atoms with Gasteiger partial charge in [-0.2, -0.15) is 0 Å². The highest BCUT2D eigenvalue weighted by molar-refractivity contribution is 5.89. The number of amides is 1. The smallest absolute Gasteiger partial charge is 0.307 e. The fourth-order valence-electron chi connectivity index (χ4n) is 2.13. The van der Waals surface area contributed by atoms with E-state index in [9.17, 15) is 18.4 Å². The van der Waals surface area contributed by atoms with Gasteiger partial charge in [-0.15, -0.1) is 0 Å².